The molecule has 0 amide bonds. The molecule has 3 N–H and O–H groups in total. The van der Waals surface area contributed by atoms with Gasteiger partial charge in [-0.1, -0.05) is 17.3 Å². The van der Waals surface area contributed by atoms with Crippen LogP contribution in [0.2, 0.25) is 0 Å². The van der Waals surface area contributed by atoms with E-state index in [1.54, 1.807) is 0 Å². The van der Waals surface area contributed by atoms with Crippen molar-refractivity contribution in [1.82, 2.24) is 16.0 Å². The number of hydrogen-bond acceptors (Lipinski definition) is 7. The molecule has 2 atom stereocenters. The Kier molecular flexibility index (Phi) is 8.45. The standard InChI is InChI=1S/C16H35N5O2/c1-12(20-22)14(3,4)18-10-16(7,9-17-8)11-19-15(5,6)13(2)21-23/h12-13,17-19H,9-11H2,1-8H3. The average Bonchev–Trinajstić information content (AvgIpc) is 2.50. The molecular weight excluding hydrogens is 294 g/mol. The molecule has 0 aromatic rings. The number of nitroso groups, excluding NO2 is 2. The molecular formula is C16H35N5O2. The van der Waals surface area contributed by atoms with Gasteiger partial charge in [-0.3, -0.25) is 0 Å². The van der Waals surface area contributed by atoms with E-state index in [2.05, 4.69) is 33.2 Å². The van der Waals surface area contributed by atoms with Crippen LogP contribution in [0.3, 0.4) is 0 Å². The third-order valence-electron chi connectivity index (χ3n) is 4.95. The summed E-state index contributed by atoms with van der Waals surface area (Å²) in [6.07, 6.45) is 0. The van der Waals surface area contributed by atoms with Gasteiger partial charge in [0.05, 0.1) is 0 Å². The molecule has 0 fully saturated rings. The minimum Gasteiger partial charge on any atom is -0.319 e. The molecule has 0 bridgehead atoms. The molecule has 0 aliphatic heterocycles. The van der Waals surface area contributed by atoms with E-state index in [0.29, 0.717) is 13.1 Å². The van der Waals surface area contributed by atoms with Gasteiger partial charge in [-0.15, -0.1) is 0 Å². The lowest BCUT2D eigenvalue weighted by Gasteiger charge is -2.39. The second kappa shape index (κ2) is 8.80. The van der Waals surface area contributed by atoms with Crippen molar-refractivity contribution in [3.05, 3.63) is 9.81 Å². The van der Waals surface area contributed by atoms with Crippen molar-refractivity contribution in [1.29, 1.82) is 0 Å². The van der Waals surface area contributed by atoms with E-state index in [1.165, 1.54) is 0 Å². The SMILES string of the molecule is CNCC(C)(CNC(C)(C)C(C)N=O)CNC(C)(C)C(C)N=O. The van der Waals surface area contributed by atoms with E-state index in [9.17, 15) is 9.81 Å². The van der Waals surface area contributed by atoms with Gasteiger partial charge in [0, 0.05) is 36.1 Å². The Morgan fingerprint density at radius 3 is 1.39 bits per heavy atom. The van der Waals surface area contributed by atoms with Gasteiger partial charge in [-0.25, -0.2) is 0 Å². The van der Waals surface area contributed by atoms with Crippen molar-refractivity contribution in [3.8, 4) is 0 Å². The van der Waals surface area contributed by atoms with Gasteiger partial charge in [0.1, 0.15) is 12.1 Å². The molecule has 0 saturated heterocycles. The highest BCUT2D eigenvalue weighted by molar-refractivity contribution is 4.95. The molecule has 7 nitrogen and oxygen atoms in total. The monoisotopic (exact) mass is 329 g/mol. The van der Waals surface area contributed by atoms with Gasteiger partial charge in [0.25, 0.3) is 0 Å². The minimum atomic E-state index is -0.371. The second-order valence-electron chi connectivity index (χ2n) is 8.05. The molecule has 0 saturated carbocycles. The first kappa shape index (κ1) is 22.1. The van der Waals surface area contributed by atoms with Gasteiger partial charge < -0.3 is 16.0 Å². The Hall–Kier alpha value is -0.920. The molecule has 0 aromatic carbocycles. The number of nitrogens with one attached hydrogen (secondary N) is 3. The Labute approximate surface area is 140 Å². The Morgan fingerprint density at radius 2 is 1.13 bits per heavy atom. The van der Waals surface area contributed by atoms with Crippen LogP contribution >= 0.6 is 0 Å². The van der Waals surface area contributed by atoms with E-state index >= 15 is 0 Å². The molecule has 0 spiro atoms. The van der Waals surface area contributed by atoms with Gasteiger partial charge >= 0.3 is 0 Å². The minimum absolute atomic E-state index is 0.0888. The van der Waals surface area contributed by atoms with Crippen LogP contribution in [-0.4, -0.2) is 49.8 Å². The van der Waals surface area contributed by atoms with Crippen molar-refractivity contribution < 1.29 is 0 Å². The highest BCUT2D eigenvalue weighted by Crippen LogP contribution is 2.20. The van der Waals surface area contributed by atoms with E-state index in [4.69, 9.17) is 0 Å². The summed E-state index contributed by atoms with van der Waals surface area (Å²) in [5, 5.41) is 16.4. The summed E-state index contributed by atoms with van der Waals surface area (Å²) in [6.45, 7) is 15.9. The van der Waals surface area contributed by atoms with Crippen molar-refractivity contribution in [2.75, 3.05) is 26.7 Å². The quantitative estimate of drug-likeness (QED) is 0.477. The summed E-state index contributed by atoms with van der Waals surface area (Å²) in [4.78, 5) is 21.6. The fourth-order valence-electron chi connectivity index (χ4n) is 2.06. The molecule has 0 aliphatic carbocycles. The molecule has 136 valence electrons. The van der Waals surface area contributed by atoms with E-state index in [0.717, 1.165) is 6.54 Å². The van der Waals surface area contributed by atoms with Gasteiger partial charge in [-0.05, 0) is 48.6 Å². The van der Waals surface area contributed by atoms with Crippen LogP contribution in [0.25, 0.3) is 0 Å². The zero-order valence-electron chi connectivity index (χ0n) is 16.0. The lowest BCUT2D eigenvalue weighted by molar-refractivity contribution is 0.202. The van der Waals surface area contributed by atoms with Crippen LogP contribution in [-0.2, 0) is 0 Å². The van der Waals surface area contributed by atoms with Crippen molar-refractivity contribution in [2.24, 2.45) is 15.8 Å². The summed E-state index contributed by atoms with van der Waals surface area (Å²) >= 11 is 0. The number of rotatable bonds is 12. The summed E-state index contributed by atoms with van der Waals surface area (Å²) in [7, 11) is 1.92. The summed E-state index contributed by atoms with van der Waals surface area (Å²) < 4.78 is 0. The molecule has 0 radical (unpaired) electrons. The molecule has 0 aromatic heterocycles. The Bertz CT molecular complexity index is 355. The predicted octanol–water partition coefficient (Wildman–Crippen LogP) is 2.26. The predicted molar refractivity (Wildman–Crippen MR) is 96.7 cm³/mol. The zero-order chi connectivity index (χ0) is 18.3. The summed E-state index contributed by atoms with van der Waals surface area (Å²) in [5.74, 6) is 0. The van der Waals surface area contributed by atoms with Crippen LogP contribution in [0, 0.1) is 15.2 Å². The maximum atomic E-state index is 10.8. The molecule has 23 heavy (non-hydrogen) atoms. The van der Waals surface area contributed by atoms with Crippen LogP contribution in [0.1, 0.15) is 48.5 Å². The second-order valence-corrected chi connectivity index (χ2v) is 8.05. The van der Waals surface area contributed by atoms with Crippen molar-refractivity contribution in [3.63, 3.8) is 0 Å². The largest absolute Gasteiger partial charge is 0.319 e. The van der Waals surface area contributed by atoms with Crippen LogP contribution in [0.4, 0.5) is 0 Å². The Morgan fingerprint density at radius 1 is 0.783 bits per heavy atom. The molecule has 0 aliphatic rings. The van der Waals surface area contributed by atoms with E-state index < -0.39 is 0 Å². The fraction of sp³-hybridized carbons (Fsp3) is 1.00. The lowest BCUT2D eigenvalue weighted by Crippen LogP contribution is -2.57. The summed E-state index contributed by atoms with van der Waals surface area (Å²) in [5.41, 5.74) is -0.831. The Balaban J connectivity index is 4.86. The van der Waals surface area contributed by atoms with Gasteiger partial charge in [0.2, 0.25) is 0 Å². The fourth-order valence-corrected chi connectivity index (χ4v) is 2.06. The highest BCUT2D eigenvalue weighted by atomic mass is 16.3. The maximum absolute atomic E-state index is 10.8. The number of hydrogen-bond donors (Lipinski definition) is 3. The zero-order valence-corrected chi connectivity index (χ0v) is 16.0. The van der Waals surface area contributed by atoms with Gasteiger partial charge in [0.15, 0.2) is 0 Å². The maximum Gasteiger partial charge on any atom is 0.107 e. The number of nitrogens with zero attached hydrogens (tertiary/aromatic N) is 2. The third-order valence-corrected chi connectivity index (χ3v) is 4.95. The molecule has 0 heterocycles. The smallest absolute Gasteiger partial charge is 0.107 e. The van der Waals surface area contributed by atoms with Crippen LogP contribution in [0.5, 0.6) is 0 Å². The molecule has 0 rings (SSSR count). The first-order chi connectivity index (χ1) is 10.4. The lowest BCUT2D eigenvalue weighted by atomic mass is 9.86. The van der Waals surface area contributed by atoms with Gasteiger partial charge in [-0.2, -0.15) is 9.81 Å². The van der Waals surface area contributed by atoms with E-state index in [-0.39, 0.29) is 28.6 Å². The highest BCUT2D eigenvalue weighted by Gasteiger charge is 2.34. The van der Waals surface area contributed by atoms with Crippen molar-refractivity contribution >= 4 is 0 Å². The first-order valence-electron chi connectivity index (χ1n) is 8.23. The molecule has 7 heteroatoms. The first-order valence-corrected chi connectivity index (χ1v) is 8.23. The topological polar surface area (TPSA) is 94.9 Å². The third kappa shape index (κ3) is 7.01. The summed E-state index contributed by atoms with van der Waals surface area (Å²) in [6, 6.07) is -0.630. The van der Waals surface area contributed by atoms with E-state index in [1.807, 2.05) is 48.6 Å². The van der Waals surface area contributed by atoms with Crippen LogP contribution < -0.4 is 16.0 Å². The normalized spacial score (nSPS) is 18.1. The molecule has 2 unspecified atom stereocenters. The average molecular weight is 329 g/mol. The van der Waals surface area contributed by atoms with Crippen molar-refractivity contribution in [2.45, 2.75) is 71.6 Å². The van der Waals surface area contributed by atoms with Crippen LogP contribution in [0.15, 0.2) is 10.4 Å².